The molecule has 0 aliphatic carbocycles. The molecule has 1 saturated heterocycles. The molecule has 3 N–H and O–H groups in total. The number of morpholine rings is 1. The number of carbonyl (C=O) groups excluding carboxylic acids is 1. The number of nitrogens with two attached hydrogens (primary N) is 1. The molecule has 0 atom stereocenters. The maximum atomic E-state index is 11.7. The zero-order valence-electron chi connectivity index (χ0n) is 10.4. The predicted molar refractivity (Wildman–Crippen MR) is 71.8 cm³/mol. The number of hydrogen-bond acceptors (Lipinski definition) is 4. The summed E-state index contributed by atoms with van der Waals surface area (Å²) in [6.45, 7) is 2.96. The molecular weight excluding hydrogens is 230 g/mol. The van der Waals surface area contributed by atoms with Crippen molar-refractivity contribution in [1.29, 1.82) is 0 Å². The van der Waals surface area contributed by atoms with Crippen molar-refractivity contribution >= 4 is 17.3 Å². The van der Waals surface area contributed by atoms with Crippen LogP contribution in [0.4, 0.5) is 11.4 Å². The van der Waals surface area contributed by atoms with Gasteiger partial charge in [0.05, 0.1) is 6.61 Å². The molecule has 0 spiro atoms. The molecule has 1 aromatic carbocycles. The summed E-state index contributed by atoms with van der Waals surface area (Å²) in [6, 6.07) is 7.87. The minimum atomic E-state index is 0.0186. The standard InChI is InChI=1S/C13H19N3O2/c14-6-1-7-15-11-2-4-12(5-3-11)16-8-9-18-10-13(16)17/h2-5,15H,1,6-10,14H2. The highest BCUT2D eigenvalue weighted by atomic mass is 16.5. The maximum absolute atomic E-state index is 11.7. The zero-order chi connectivity index (χ0) is 12.8. The van der Waals surface area contributed by atoms with Gasteiger partial charge in [0.1, 0.15) is 6.61 Å². The predicted octanol–water partition coefficient (Wildman–Crippen LogP) is 0.810. The molecule has 1 heterocycles. The van der Waals surface area contributed by atoms with E-state index in [0.717, 1.165) is 24.3 Å². The van der Waals surface area contributed by atoms with E-state index >= 15 is 0 Å². The van der Waals surface area contributed by atoms with Gasteiger partial charge in [-0.1, -0.05) is 0 Å². The number of anilines is 2. The number of nitrogens with zero attached hydrogens (tertiary/aromatic N) is 1. The third kappa shape index (κ3) is 3.21. The number of carbonyl (C=O) groups is 1. The van der Waals surface area contributed by atoms with Crippen molar-refractivity contribution in [2.75, 3.05) is 43.1 Å². The number of ether oxygens (including phenoxy) is 1. The molecule has 1 aliphatic heterocycles. The van der Waals surface area contributed by atoms with Gasteiger partial charge < -0.3 is 20.7 Å². The molecule has 0 aromatic heterocycles. The van der Waals surface area contributed by atoms with Gasteiger partial charge in [-0.05, 0) is 37.2 Å². The van der Waals surface area contributed by atoms with Crippen LogP contribution in [0, 0.1) is 0 Å². The Bertz CT molecular complexity index is 392. The molecular formula is C13H19N3O2. The Labute approximate surface area is 107 Å². The van der Waals surface area contributed by atoms with Crippen molar-refractivity contribution in [3.05, 3.63) is 24.3 Å². The lowest BCUT2D eigenvalue weighted by atomic mass is 10.2. The molecule has 98 valence electrons. The molecule has 0 saturated carbocycles. The average molecular weight is 249 g/mol. The summed E-state index contributed by atoms with van der Waals surface area (Å²) in [6.07, 6.45) is 0.948. The van der Waals surface area contributed by atoms with Crippen molar-refractivity contribution < 1.29 is 9.53 Å². The first kappa shape index (κ1) is 12.9. The fourth-order valence-electron chi connectivity index (χ4n) is 1.89. The van der Waals surface area contributed by atoms with Gasteiger partial charge in [0, 0.05) is 24.5 Å². The summed E-state index contributed by atoms with van der Waals surface area (Å²) in [7, 11) is 0. The smallest absolute Gasteiger partial charge is 0.253 e. The van der Waals surface area contributed by atoms with E-state index in [0.29, 0.717) is 19.7 Å². The van der Waals surface area contributed by atoms with Gasteiger partial charge in [-0.2, -0.15) is 0 Å². The first-order valence-electron chi connectivity index (χ1n) is 6.23. The SMILES string of the molecule is NCCCNc1ccc(N2CCOCC2=O)cc1. The average Bonchev–Trinajstić information content (AvgIpc) is 2.41. The van der Waals surface area contributed by atoms with Crippen molar-refractivity contribution in [2.45, 2.75) is 6.42 Å². The number of benzene rings is 1. The molecule has 5 nitrogen and oxygen atoms in total. The third-order valence-electron chi connectivity index (χ3n) is 2.87. The Balaban J connectivity index is 1.96. The molecule has 1 amide bonds. The summed E-state index contributed by atoms with van der Waals surface area (Å²) in [5.41, 5.74) is 7.41. The summed E-state index contributed by atoms with van der Waals surface area (Å²) in [4.78, 5) is 13.4. The minimum absolute atomic E-state index is 0.0186. The first-order chi connectivity index (χ1) is 8.81. The normalized spacial score (nSPS) is 15.8. The van der Waals surface area contributed by atoms with Crippen LogP contribution >= 0.6 is 0 Å². The largest absolute Gasteiger partial charge is 0.385 e. The van der Waals surface area contributed by atoms with Gasteiger partial charge in [-0.25, -0.2) is 0 Å². The van der Waals surface area contributed by atoms with E-state index < -0.39 is 0 Å². The van der Waals surface area contributed by atoms with Crippen molar-refractivity contribution in [1.82, 2.24) is 0 Å². The second-order valence-electron chi connectivity index (χ2n) is 4.21. The molecule has 1 aliphatic rings. The lowest BCUT2D eigenvalue weighted by Crippen LogP contribution is -2.41. The van der Waals surface area contributed by atoms with Crippen LogP contribution in [0.3, 0.4) is 0 Å². The number of nitrogens with one attached hydrogen (secondary N) is 1. The van der Waals surface area contributed by atoms with Gasteiger partial charge in [0.2, 0.25) is 0 Å². The topological polar surface area (TPSA) is 67.6 Å². The fourth-order valence-corrected chi connectivity index (χ4v) is 1.89. The molecule has 1 aromatic rings. The van der Waals surface area contributed by atoms with Crippen LogP contribution in [0.25, 0.3) is 0 Å². The lowest BCUT2D eigenvalue weighted by molar-refractivity contribution is -0.125. The molecule has 0 bridgehead atoms. The second-order valence-corrected chi connectivity index (χ2v) is 4.21. The summed E-state index contributed by atoms with van der Waals surface area (Å²) in [5, 5.41) is 3.28. The first-order valence-corrected chi connectivity index (χ1v) is 6.23. The van der Waals surface area contributed by atoms with Gasteiger partial charge in [0.25, 0.3) is 5.91 Å². The molecule has 2 rings (SSSR count). The van der Waals surface area contributed by atoms with Crippen LogP contribution < -0.4 is 16.0 Å². The third-order valence-corrected chi connectivity index (χ3v) is 2.87. The van der Waals surface area contributed by atoms with Crippen molar-refractivity contribution in [2.24, 2.45) is 5.73 Å². The summed E-state index contributed by atoms with van der Waals surface area (Å²) in [5.74, 6) is 0.0186. The van der Waals surface area contributed by atoms with Crippen LogP contribution in [0.2, 0.25) is 0 Å². The quantitative estimate of drug-likeness (QED) is 0.758. The Hall–Kier alpha value is -1.59. The number of rotatable bonds is 5. The number of hydrogen-bond donors (Lipinski definition) is 2. The summed E-state index contributed by atoms with van der Waals surface area (Å²) < 4.78 is 5.11. The van der Waals surface area contributed by atoms with E-state index in [1.807, 2.05) is 24.3 Å². The van der Waals surface area contributed by atoms with Crippen molar-refractivity contribution in [3.8, 4) is 0 Å². The molecule has 18 heavy (non-hydrogen) atoms. The molecule has 1 fully saturated rings. The van der Waals surface area contributed by atoms with Gasteiger partial charge >= 0.3 is 0 Å². The fraction of sp³-hybridized carbons (Fsp3) is 0.462. The van der Waals surface area contributed by atoms with Gasteiger partial charge in [-0.3, -0.25) is 4.79 Å². The van der Waals surface area contributed by atoms with Crippen LogP contribution in [0.5, 0.6) is 0 Å². The van der Waals surface area contributed by atoms with Gasteiger partial charge in [0.15, 0.2) is 0 Å². The van der Waals surface area contributed by atoms with E-state index in [9.17, 15) is 4.79 Å². The Morgan fingerprint density at radius 1 is 1.33 bits per heavy atom. The minimum Gasteiger partial charge on any atom is -0.385 e. The van der Waals surface area contributed by atoms with E-state index in [-0.39, 0.29) is 12.5 Å². The maximum Gasteiger partial charge on any atom is 0.253 e. The summed E-state index contributed by atoms with van der Waals surface area (Å²) >= 11 is 0. The Kier molecular flexibility index (Phi) is 4.55. The van der Waals surface area contributed by atoms with E-state index in [1.165, 1.54) is 0 Å². The lowest BCUT2D eigenvalue weighted by Gasteiger charge is -2.26. The van der Waals surface area contributed by atoms with Gasteiger partial charge in [-0.15, -0.1) is 0 Å². The highest BCUT2D eigenvalue weighted by molar-refractivity contribution is 5.94. The molecule has 0 unspecified atom stereocenters. The van der Waals surface area contributed by atoms with Crippen LogP contribution in [-0.2, 0) is 9.53 Å². The second kappa shape index (κ2) is 6.37. The molecule has 5 heteroatoms. The van der Waals surface area contributed by atoms with E-state index in [2.05, 4.69) is 5.32 Å². The van der Waals surface area contributed by atoms with Crippen molar-refractivity contribution in [3.63, 3.8) is 0 Å². The van der Waals surface area contributed by atoms with E-state index in [1.54, 1.807) is 4.90 Å². The Morgan fingerprint density at radius 3 is 2.78 bits per heavy atom. The number of amides is 1. The highest BCUT2D eigenvalue weighted by Gasteiger charge is 2.19. The Morgan fingerprint density at radius 2 is 2.11 bits per heavy atom. The van der Waals surface area contributed by atoms with E-state index in [4.69, 9.17) is 10.5 Å². The molecule has 0 radical (unpaired) electrons. The van der Waals surface area contributed by atoms with Crippen LogP contribution in [0.15, 0.2) is 24.3 Å². The zero-order valence-corrected chi connectivity index (χ0v) is 10.4. The van der Waals surface area contributed by atoms with Crippen LogP contribution in [-0.4, -0.2) is 38.8 Å². The van der Waals surface area contributed by atoms with Crippen LogP contribution in [0.1, 0.15) is 6.42 Å². The monoisotopic (exact) mass is 249 g/mol. The highest BCUT2D eigenvalue weighted by Crippen LogP contribution is 2.19.